The van der Waals surface area contributed by atoms with Crippen molar-refractivity contribution in [2.75, 3.05) is 0 Å². The van der Waals surface area contributed by atoms with Crippen molar-refractivity contribution >= 4 is 22.5 Å². The molecule has 0 amide bonds. The Bertz CT molecular complexity index is 697. The molecule has 19 heavy (non-hydrogen) atoms. The van der Waals surface area contributed by atoms with E-state index >= 15 is 0 Å². The second-order valence-electron chi connectivity index (χ2n) is 4.24. The number of halogens is 1. The number of benzene rings is 2. The van der Waals surface area contributed by atoms with Crippen molar-refractivity contribution in [3.63, 3.8) is 0 Å². The fourth-order valence-electron chi connectivity index (χ4n) is 1.90. The van der Waals surface area contributed by atoms with Crippen molar-refractivity contribution in [1.82, 2.24) is 4.98 Å². The molecular weight excluding hydrogens is 258 g/mol. The number of ether oxygens (including phenoxy) is 1. The average molecular weight is 270 g/mol. The summed E-state index contributed by atoms with van der Waals surface area (Å²) in [5.74, 6) is 0.476. The number of hydrogen-bond acceptors (Lipinski definition) is 2. The largest absolute Gasteiger partial charge is 0.472 e. The van der Waals surface area contributed by atoms with E-state index in [0.717, 1.165) is 16.5 Å². The van der Waals surface area contributed by atoms with Crippen LogP contribution in [0.15, 0.2) is 60.7 Å². The highest BCUT2D eigenvalue weighted by atomic mass is 35.5. The highest BCUT2D eigenvalue weighted by Gasteiger charge is 2.06. The highest BCUT2D eigenvalue weighted by Crippen LogP contribution is 2.27. The smallest absolute Gasteiger partial charge is 0.233 e. The normalized spacial score (nSPS) is 10.6. The molecule has 0 atom stereocenters. The molecule has 1 heterocycles. The molecule has 3 aromatic rings. The first kappa shape index (κ1) is 12.0. The highest BCUT2D eigenvalue weighted by molar-refractivity contribution is 6.32. The van der Waals surface area contributed by atoms with Crippen LogP contribution in [0.25, 0.3) is 10.9 Å². The molecule has 0 aliphatic carbocycles. The van der Waals surface area contributed by atoms with Crippen molar-refractivity contribution in [3.05, 3.63) is 71.2 Å². The predicted octanol–water partition coefficient (Wildman–Crippen LogP) is 4.47. The van der Waals surface area contributed by atoms with Crippen LogP contribution >= 0.6 is 11.6 Å². The summed E-state index contributed by atoms with van der Waals surface area (Å²) in [5.41, 5.74) is 1.98. The molecule has 1 aromatic heterocycles. The molecular formula is C16H12ClNO. The molecule has 0 spiro atoms. The fourth-order valence-corrected chi connectivity index (χ4v) is 2.11. The van der Waals surface area contributed by atoms with Gasteiger partial charge in [-0.2, -0.15) is 0 Å². The van der Waals surface area contributed by atoms with Gasteiger partial charge in [0.25, 0.3) is 0 Å². The van der Waals surface area contributed by atoms with Crippen LogP contribution < -0.4 is 4.74 Å². The van der Waals surface area contributed by atoms with Crippen molar-refractivity contribution < 1.29 is 4.74 Å². The second-order valence-corrected chi connectivity index (χ2v) is 4.65. The first-order valence-electron chi connectivity index (χ1n) is 6.05. The van der Waals surface area contributed by atoms with Gasteiger partial charge in [0.2, 0.25) is 5.88 Å². The van der Waals surface area contributed by atoms with Gasteiger partial charge >= 0.3 is 0 Å². The van der Waals surface area contributed by atoms with Crippen LogP contribution in [-0.4, -0.2) is 4.98 Å². The third-order valence-electron chi connectivity index (χ3n) is 2.86. The molecule has 0 bridgehead atoms. The SMILES string of the molecule is Clc1cc2ccccc2nc1OCc1ccccc1. The maximum absolute atomic E-state index is 6.18. The first-order chi connectivity index (χ1) is 9.33. The van der Waals surface area contributed by atoms with Crippen molar-refractivity contribution in [2.24, 2.45) is 0 Å². The van der Waals surface area contributed by atoms with Gasteiger partial charge in [0.1, 0.15) is 11.6 Å². The van der Waals surface area contributed by atoms with Crippen LogP contribution in [0.4, 0.5) is 0 Å². The molecule has 0 aliphatic rings. The number of nitrogens with zero attached hydrogens (tertiary/aromatic N) is 1. The van der Waals surface area contributed by atoms with Crippen LogP contribution in [0.5, 0.6) is 5.88 Å². The topological polar surface area (TPSA) is 22.1 Å². The Balaban J connectivity index is 1.86. The Morgan fingerprint density at radius 1 is 0.947 bits per heavy atom. The summed E-state index contributed by atoms with van der Waals surface area (Å²) in [6, 6.07) is 19.7. The van der Waals surface area contributed by atoms with E-state index in [1.54, 1.807) is 0 Å². The Labute approximate surface area is 116 Å². The van der Waals surface area contributed by atoms with E-state index in [2.05, 4.69) is 4.98 Å². The van der Waals surface area contributed by atoms with E-state index in [4.69, 9.17) is 16.3 Å². The molecule has 2 aromatic carbocycles. The lowest BCUT2D eigenvalue weighted by molar-refractivity contribution is 0.295. The van der Waals surface area contributed by atoms with Crippen LogP contribution in [0.1, 0.15) is 5.56 Å². The Kier molecular flexibility index (Phi) is 3.34. The van der Waals surface area contributed by atoms with Crippen LogP contribution in [0.2, 0.25) is 5.02 Å². The maximum Gasteiger partial charge on any atom is 0.233 e. The lowest BCUT2D eigenvalue weighted by Gasteiger charge is -2.08. The molecule has 0 saturated carbocycles. The second kappa shape index (κ2) is 5.29. The van der Waals surface area contributed by atoms with Gasteiger partial charge in [-0.1, -0.05) is 60.1 Å². The molecule has 3 heteroatoms. The van der Waals surface area contributed by atoms with Crippen molar-refractivity contribution in [2.45, 2.75) is 6.61 Å². The standard InChI is InChI=1S/C16H12ClNO/c17-14-10-13-8-4-5-9-15(13)18-16(14)19-11-12-6-2-1-3-7-12/h1-10H,11H2. The summed E-state index contributed by atoms with van der Waals surface area (Å²) in [6.45, 7) is 0.464. The fraction of sp³-hybridized carbons (Fsp3) is 0.0625. The van der Waals surface area contributed by atoms with Crippen molar-refractivity contribution in [3.8, 4) is 5.88 Å². The zero-order valence-electron chi connectivity index (χ0n) is 10.2. The monoisotopic (exact) mass is 269 g/mol. The minimum Gasteiger partial charge on any atom is -0.472 e. The number of hydrogen-bond donors (Lipinski definition) is 0. The quantitative estimate of drug-likeness (QED) is 0.700. The molecule has 0 aliphatic heterocycles. The van der Waals surface area contributed by atoms with Crippen molar-refractivity contribution in [1.29, 1.82) is 0 Å². The molecule has 0 unspecified atom stereocenters. The third kappa shape index (κ3) is 2.69. The molecule has 0 fully saturated rings. The van der Waals surface area contributed by atoms with E-state index in [1.165, 1.54) is 0 Å². The summed E-state index contributed by atoms with van der Waals surface area (Å²) in [7, 11) is 0. The molecule has 0 N–H and O–H groups in total. The summed E-state index contributed by atoms with van der Waals surface area (Å²) in [4.78, 5) is 4.44. The number of fused-ring (bicyclic) bond motifs is 1. The lowest BCUT2D eigenvalue weighted by Crippen LogP contribution is -1.98. The first-order valence-corrected chi connectivity index (χ1v) is 6.43. The van der Waals surface area contributed by atoms with Crippen LogP contribution in [0.3, 0.4) is 0 Å². The van der Waals surface area contributed by atoms with E-state index in [-0.39, 0.29) is 0 Å². The molecule has 0 saturated heterocycles. The van der Waals surface area contributed by atoms with Gasteiger partial charge in [-0.25, -0.2) is 4.98 Å². The Morgan fingerprint density at radius 2 is 1.68 bits per heavy atom. The summed E-state index contributed by atoms with van der Waals surface area (Å²) >= 11 is 6.18. The van der Waals surface area contributed by atoms with E-state index in [0.29, 0.717) is 17.5 Å². The maximum atomic E-state index is 6.18. The van der Waals surface area contributed by atoms with E-state index < -0.39 is 0 Å². The molecule has 2 nitrogen and oxygen atoms in total. The van der Waals surface area contributed by atoms with Gasteiger partial charge in [0.15, 0.2) is 0 Å². The van der Waals surface area contributed by atoms with E-state index in [1.807, 2.05) is 60.7 Å². The minimum atomic E-state index is 0.464. The number of para-hydroxylation sites is 1. The molecule has 94 valence electrons. The van der Waals surface area contributed by atoms with Gasteiger partial charge in [0, 0.05) is 5.39 Å². The van der Waals surface area contributed by atoms with Crippen LogP contribution in [0, 0.1) is 0 Å². The zero-order valence-corrected chi connectivity index (χ0v) is 11.0. The van der Waals surface area contributed by atoms with Gasteiger partial charge < -0.3 is 4.74 Å². The van der Waals surface area contributed by atoms with Gasteiger partial charge in [0.05, 0.1) is 5.52 Å². The minimum absolute atomic E-state index is 0.464. The van der Waals surface area contributed by atoms with Gasteiger partial charge in [-0.15, -0.1) is 0 Å². The number of pyridine rings is 1. The lowest BCUT2D eigenvalue weighted by atomic mass is 10.2. The Morgan fingerprint density at radius 3 is 2.53 bits per heavy atom. The summed E-state index contributed by atoms with van der Waals surface area (Å²) < 4.78 is 5.69. The molecule has 0 radical (unpaired) electrons. The Hall–Kier alpha value is -2.06. The summed E-state index contributed by atoms with van der Waals surface area (Å²) in [5, 5.41) is 1.55. The van der Waals surface area contributed by atoms with Crippen LogP contribution in [-0.2, 0) is 6.61 Å². The van der Waals surface area contributed by atoms with E-state index in [9.17, 15) is 0 Å². The number of aromatic nitrogens is 1. The number of rotatable bonds is 3. The van der Waals surface area contributed by atoms with Gasteiger partial charge in [-0.3, -0.25) is 0 Å². The zero-order chi connectivity index (χ0) is 13.1. The predicted molar refractivity (Wildman–Crippen MR) is 77.5 cm³/mol. The summed E-state index contributed by atoms with van der Waals surface area (Å²) in [6.07, 6.45) is 0. The van der Waals surface area contributed by atoms with Gasteiger partial charge in [-0.05, 0) is 17.7 Å². The average Bonchev–Trinajstić information content (AvgIpc) is 2.46. The third-order valence-corrected chi connectivity index (χ3v) is 3.13. The molecule has 3 rings (SSSR count).